The second kappa shape index (κ2) is 10.8. The third kappa shape index (κ3) is 6.37. The number of hydrogen-bond acceptors (Lipinski definition) is 5. The molecule has 1 aromatic carbocycles. The summed E-state index contributed by atoms with van der Waals surface area (Å²) < 4.78 is 26.6. The highest BCUT2D eigenvalue weighted by molar-refractivity contribution is 5.75. The van der Waals surface area contributed by atoms with Crippen LogP contribution in [0.5, 0.6) is 0 Å². The number of piperidine rings is 1. The Morgan fingerprint density at radius 3 is 2.93 bits per heavy atom. The summed E-state index contributed by atoms with van der Waals surface area (Å²) in [5.74, 6) is 0.746. The lowest BCUT2D eigenvalue weighted by molar-refractivity contribution is -0.121. The summed E-state index contributed by atoms with van der Waals surface area (Å²) >= 11 is 0. The van der Waals surface area contributed by atoms with E-state index in [2.05, 4.69) is 32.4 Å². The third-order valence-corrected chi connectivity index (χ3v) is 5.32. The molecule has 1 aliphatic heterocycles. The average Bonchev–Trinajstić information content (AvgIpc) is 2.76. The normalized spacial score (nSPS) is 16.4. The molecule has 0 aliphatic carbocycles. The van der Waals surface area contributed by atoms with Crippen LogP contribution in [0.1, 0.15) is 44.6 Å². The first-order chi connectivity index (χ1) is 14.5. The number of carbonyl (C=O) groups is 1. The van der Waals surface area contributed by atoms with Crippen LogP contribution in [0.25, 0.3) is 0 Å². The maximum Gasteiger partial charge on any atom is 0.220 e. The van der Waals surface area contributed by atoms with Crippen molar-refractivity contribution in [1.82, 2.24) is 15.3 Å². The van der Waals surface area contributed by atoms with E-state index in [0.29, 0.717) is 12.3 Å². The summed E-state index contributed by atoms with van der Waals surface area (Å²) in [5, 5.41) is 6.01. The van der Waals surface area contributed by atoms with E-state index in [9.17, 15) is 13.6 Å². The van der Waals surface area contributed by atoms with Gasteiger partial charge in [0.25, 0.3) is 0 Å². The Morgan fingerprint density at radius 1 is 1.27 bits per heavy atom. The van der Waals surface area contributed by atoms with Crippen molar-refractivity contribution in [1.29, 1.82) is 0 Å². The van der Waals surface area contributed by atoms with E-state index < -0.39 is 11.6 Å². The standard InChI is InChI=1S/C22H29F2N5O/c1-2-9-25-20-12-21(28-15-27-20)29-10-3-4-16(14-29)5-8-22(30)26-13-17-6-7-18(23)11-19(17)24/h6-7,11-12,15-16H,2-5,8-10,13-14H2,1H3,(H,26,30)(H,25,27,28)/t16-/m0/s1. The van der Waals surface area contributed by atoms with Gasteiger partial charge in [-0.25, -0.2) is 18.7 Å². The maximum absolute atomic E-state index is 13.7. The molecule has 1 saturated heterocycles. The van der Waals surface area contributed by atoms with E-state index in [1.165, 1.54) is 12.1 Å². The average molecular weight is 418 g/mol. The summed E-state index contributed by atoms with van der Waals surface area (Å²) in [4.78, 5) is 23.1. The molecule has 3 rings (SSSR count). The number of aromatic nitrogens is 2. The molecule has 1 fully saturated rings. The first-order valence-electron chi connectivity index (χ1n) is 10.6. The molecule has 2 aromatic rings. The van der Waals surface area contributed by atoms with Gasteiger partial charge < -0.3 is 15.5 Å². The molecule has 1 atom stereocenters. The molecular formula is C22H29F2N5O. The van der Waals surface area contributed by atoms with Crippen molar-refractivity contribution in [3.63, 3.8) is 0 Å². The van der Waals surface area contributed by atoms with E-state index in [1.807, 2.05) is 6.07 Å². The van der Waals surface area contributed by atoms with E-state index >= 15 is 0 Å². The molecule has 162 valence electrons. The number of nitrogens with one attached hydrogen (secondary N) is 2. The lowest BCUT2D eigenvalue weighted by Gasteiger charge is -2.33. The largest absolute Gasteiger partial charge is 0.370 e. The minimum absolute atomic E-state index is 0.0657. The second-order valence-corrected chi connectivity index (χ2v) is 7.69. The number of carbonyl (C=O) groups excluding carboxylic acids is 1. The number of nitrogens with zero attached hydrogens (tertiary/aromatic N) is 3. The first kappa shape index (κ1) is 21.9. The summed E-state index contributed by atoms with van der Waals surface area (Å²) in [6.45, 7) is 4.84. The molecule has 30 heavy (non-hydrogen) atoms. The van der Waals surface area contributed by atoms with Crippen molar-refractivity contribution >= 4 is 17.5 Å². The Labute approximate surface area is 176 Å². The van der Waals surface area contributed by atoms with Crippen LogP contribution in [-0.4, -0.2) is 35.5 Å². The molecule has 0 saturated carbocycles. The van der Waals surface area contributed by atoms with Gasteiger partial charge in [0.05, 0.1) is 0 Å². The molecule has 8 heteroatoms. The summed E-state index contributed by atoms with van der Waals surface area (Å²) in [6, 6.07) is 5.35. The van der Waals surface area contributed by atoms with Crippen molar-refractivity contribution in [3.8, 4) is 0 Å². The number of amides is 1. The topological polar surface area (TPSA) is 70.2 Å². The Kier molecular flexibility index (Phi) is 7.93. The summed E-state index contributed by atoms with van der Waals surface area (Å²) in [6.07, 6.45) is 5.88. The summed E-state index contributed by atoms with van der Waals surface area (Å²) in [5.41, 5.74) is 0.282. The Balaban J connectivity index is 1.46. The minimum Gasteiger partial charge on any atom is -0.370 e. The van der Waals surface area contributed by atoms with Crippen molar-refractivity contribution in [3.05, 3.63) is 47.8 Å². The third-order valence-electron chi connectivity index (χ3n) is 5.32. The molecule has 0 unspecified atom stereocenters. The van der Waals surface area contributed by atoms with Crippen LogP contribution in [0.15, 0.2) is 30.6 Å². The Hall–Kier alpha value is -2.77. The van der Waals surface area contributed by atoms with E-state index in [0.717, 1.165) is 63.0 Å². The molecular weight excluding hydrogens is 388 g/mol. The number of hydrogen-bond donors (Lipinski definition) is 2. The SMILES string of the molecule is CCCNc1cc(N2CCC[C@@H](CCC(=O)NCc3ccc(F)cc3F)C2)ncn1. The fourth-order valence-electron chi connectivity index (χ4n) is 3.66. The van der Waals surface area contributed by atoms with Gasteiger partial charge >= 0.3 is 0 Å². The predicted octanol–water partition coefficient (Wildman–Crippen LogP) is 3.89. The molecule has 0 bridgehead atoms. The zero-order valence-electron chi connectivity index (χ0n) is 17.3. The van der Waals surface area contributed by atoms with Gasteiger partial charge in [-0.2, -0.15) is 0 Å². The van der Waals surface area contributed by atoms with Crippen LogP contribution in [0.2, 0.25) is 0 Å². The lowest BCUT2D eigenvalue weighted by atomic mass is 9.93. The van der Waals surface area contributed by atoms with Crippen LogP contribution in [-0.2, 0) is 11.3 Å². The lowest BCUT2D eigenvalue weighted by Crippen LogP contribution is -2.36. The van der Waals surface area contributed by atoms with Gasteiger partial charge in [-0.1, -0.05) is 13.0 Å². The van der Waals surface area contributed by atoms with Crippen LogP contribution < -0.4 is 15.5 Å². The monoisotopic (exact) mass is 417 g/mol. The van der Waals surface area contributed by atoms with Gasteiger partial charge in [-0.3, -0.25) is 4.79 Å². The molecule has 1 amide bonds. The number of rotatable bonds is 9. The Morgan fingerprint density at radius 2 is 2.13 bits per heavy atom. The van der Waals surface area contributed by atoms with E-state index in [4.69, 9.17) is 0 Å². The molecule has 2 N–H and O–H groups in total. The van der Waals surface area contributed by atoms with Crippen molar-refractivity contribution in [2.45, 2.75) is 45.6 Å². The van der Waals surface area contributed by atoms with Gasteiger partial charge in [0.1, 0.15) is 29.6 Å². The highest BCUT2D eigenvalue weighted by Crippen LogP contribution is 2.25. The van der Waals surface area contributed by atoms with Crippen molar-refractivity contribution in [2.75, 3.05) is 29.9 Å². The van der Waals surface area contributed by atoms with Crippen molar-refractivity contribution in [2.24, 2.45) is 5.92 Å². The molecule has 0 radical (unpaired) electrons. The van der Waals surface area contributed by atoms with Gasteiger partial charge in [0.15, 0.2) is 0 Å². The first-order valence-corrected chi connectivity index (χ1v) is 10.6. The number of benzene rings is 1. The van der Waals surface area contributed by atoms with Gasteiger partial charge in [0.2, 0.25) is 5.91 Å². The van der Waals surface area contributed by atoms with Gasteiger partial charge in [-0.05, 0) is 37.7 Å². The smallest absolute Gasteiger partial charge is 0.220 e. The predicted molar refractivity (Wildman–Crippen MR) is 113 cm³/mol. The molecule has 2 heterocycles. The minimum atomic E-state index is -0.643. The molecule has 0 spiro atoms. The van der Waals surface area contributed by atoms with Crippen LogP contribution in [0.4, 0.5) is 20.4 Å². The fourth-order valence-corrected chi connectivity index (χ4v) is 3.66. The zero-order chi connectivity index (χ0) is 21.3. The molecule has 1 aromatic heterocycles. The van der Waals surface area contributed by atoms with E-state index in [-0.39, 0.29) is 18.0 Å². The zero-order valence-corrected chi connectivity index (χ0v) is 17.3. The second-order valence-electron chi connectivity index (χ2n) is 7.69. The summed E-state index contributed by atoms with van der Waals surface area (Å²) in [7, 11) is 0. The van der Waals surface area contributed by atoms with Crippen LogP contribution >= 0.6 is 0 Å². The highest BCUT2D eigenvalue weighted by atomic mass is 19.1. The maximum atomic E-state index is 13.7. The van der Waals surface area contributed by atoms with Crippen LogP contribution in [0, 0.1) is 17.6 Å². The highest BCUT2D eigenvalue weighted by Gasteiger charge is 2.22. The van der Waals surface area contributed by atoms with Gasteiger partial charge in [0, 0.05) is 50.3 Å². The molecule has 6 nitrogen and oxygen atoms in total. The van der Waals surface area contributed by atoms with Crippen LogP contribution in [0.3, 0.4) is 0 Å². The number of halogens is 2. The fraction of sp³-hybridized carbons (Fsp3) is 0.500. The van der Waals surface area contributed by atoms with Gasteiger partial charge in [-0.15, -0.1) is 0 Å². The van der Waals surface area contributed by atoms with E-state index in [1.54, 1.807) is 6.33 Å². The Bertz CT molecular complexity index is 848. The quantitative estimate of drug-likeness (QED) is 0.648. The van der Waals surface area contributed by atoms with Crippen molar-refractivity contribution < 1.29 is 13.6 Å². The molecule has 1 aliphatic rings. The number of anilines is 2.